The summed E-state index contributed by atoms with van der Waals surface area (Å²) in [5, 5.41) is 14.1. The highest BCUT2D eigenvalue weighted by molar-refractivity contribution is 5.87. The van der Waals surface area contributed by atoms with Gasteiger partial charge in [0.2, 0.25) is 5.91 Å². The molecule has 1 aromatic carbocycles. The third-order valence-electron chi connectivity index (χ3n) is 8.12. The maximum atomic E-state index is 12.2. The Morgan fingerprint density at radius 3 is 2.60 bits per heavy atom. The Balaban J connectivity index is 1.49. The Morgan fingerprint density at radius 1 is 1.15 bits per heavy atom. The summed E-state index contributed by atoms with van der Waals surface area (Å²) in [7, 11) is 3.76. The van der Waals surface area contributed by atoms with E-state index in [1.165, 1.54) is 6.08 Å². The van der Waals surface area contributed by atoms with Crippen LogP contribution in [0.15, 0.2) is 36.9 Å². The second-order valence-electron chi connectivity index (χ2n) is 10.6. The molecule has 0 spiro atoms. The predicted octanol–water partition coefficient (Wildman–Crippen LogP) is 2.84. The van der Waals surface area contributed by atoms with E-state index in [0.29, 0.717) is 44.1 Å². The minimum atomic E-state index is -0.0495. The number of amides is 1. The number of benzene rings is 1. The highest BCUT2D eigenvalue weighted by Gasteiger charge is 2.32. The average Bonchev–Trinajstić information content (AvgIpc) is 3.00. The number of carbonyl (C=O) groups excluding carboxylic acids is 1. The van der Waals surface area contributed by atoms with Crippen LogP contribution in [0, 0.1) is 11.3 Å². The van der Waals surface area contributed by atoms with Crippen LogP contribution in [0.4, 0.5) is 17.2 Å². The molecule has 2 aromatic rings. The van der Waals surface area contributed by atoms with Gasteiger partial charge in [0.05, 0.1) is 23.6 Å². The normalized spacial score (nSPS) is 18.2. The van der Waals surface area contributed by atoms with Gasteiger partial charge in [-0.05, 0) is 57.6 Å². The fraction of sp³-hybridized carbons (Fsp3) is 0.500. The number of likely N-dealkylation sites (tertiary alicyclic amines) is 1. The van der Waals surface area contributed by atoms with Crippen LogP contribution in [0.5, 0.6) is 5.75 Å². The zero-order valence-corrected chi connectivity index (χ0v) is 23.6. The van der Waals surface area contributed by atoms with E-state index in [1.807, 2.05) is 23.1 Å². The molecule has 0 atom stereocenters. The number of aromatic nitrogens is 1. The largest absolute Gasteiger partial charge is 0.465 e. The van der Waals surface area contributed by atoms with Crippen molar-refractivity contribution in [3.63, 3.8) is 0 Å². The van der Waals surface area contributed by atoms with Crippen molar-refractivity contribution in [2.45, 2.75) is 31.8 Å². The SMILES string of the molecule is C=CC(=O)N1CCN(c2c(C#N)c(NC3CCN(C)CC3)nc3c2CCN(c2ccccc2OCOC)C3)CC1. The number of carbonyl (C=O) groups is 1. The van der Waals surface area contributed by atoms with Crippen molar-refractivity contribution in [3.05, 3.63) is 53.7 Å². The van der Waals surface area contributed by atoms with Crippen LogP contribution in [0.25, 0.3) is 0 Å². The topological polar surface area (TPSA) is 97.2 Å². The zero-order chi connectivity index (χ0) is 28.1. The lowest BCUT2D eigenvalue weighted by Gasteiger charge is -2.40. The van der Waals surface area contributed by atoms with Crippen molar-refractivity contribution in [1.82, 2.24) is 14.8 Å². The van der Waals surface area contributed by atoms with E-state index in [1.54, 1.807) is 7.11 Å². The molecule has 2 fully saturated rings. The van der Waals surface area contributed by atoms with Crippen molar-refractivity contribution in [2.24, 2.45) is 0 Å². The number of anilines is 3. The molecule has 0 unspecified atom stereocenters. The molecule has 4 heterocycles. The molecule has 10 nitrogen and oxygen atoms in total. The third kappa shape index (κ3) is 5.86. The molecular formula is C30H39N7O3. The number of piperazine rings is 1. The maximum Gasteiger partial charge on any atom is 0.246 e. The first-order chi connectivity index (χ1) is 19.5. The second kappa shape index (κ2) is 12.6. The number of fused-ring (bicyclic) bond motifs is 1. The fourth-order valence-corrected chi connectivity index (χ4v) is 5.91. The van der Waals surface area contributed by atoms with E-state index in [9.17, 15) is 10.1 Å². The summed E-state index contributed by atoms with van der Waals surface area (Å²) >= 11 is 0. The highest BCUT2D eigenvalue weighted by Crippen LogP contribution is 2.39. The van der Waals surface area contributed by atoms with Crippen LogP contribution < -0.4 is 19.9 Å². The van der Waals surface area contributed by atoms with Gasteiger partial charge in [0, 0.05) is 51.4 Å². The number of piperidine rings is 1. The number of para-hydroxylation sites is 2. The zero-order valence-electron chi connectivity index (χ0n) is 23.6. The molecule has 40 heavy (non-hydrogen) atoms. The molecule has 3 aliphatic rings. The molecule has 0 radical (unpaired) electrons. The summed E-state index contributed by atoms with van der Waals surface area (Å²) in [6.45, 7) is 9.76. The van der Waals surface area contributed by atoms with Gasteiger partial charge >= 0.3 is 0 Å². The van der Waals surface area contributed by atoms with E-state index in [0.717, 1.165) is 67.3 Å². The number of pyridine rings is 1. The molecule has 1 amide bonds. The fourth-order valence-electron chi connectivity index (χ4n) is 5.91. The van der Waals surface area contributed by atoms with Gasteiger partial charge in [0.25, 0.3) is 0 Å². The molecule has 0 saturated carbocycles. The molecule has 1 N–H and O–H groups in total. The Bertz CT molecular complexity index is 1260. The third-order valence-corrected chi connectivity index (χ3v) is 8.12. The quantitative estimate of drug-likeness (QED) is 0.397. The summed E-state index contributed by atoms with van der Waals surface area (Å²) in [5.41, 5.74) is 4.68. The lowest BCUT2D eigenvalue weighted by atomic mass is 9.96. The molecule has 0 aliphatic carbocycles. The number of ether oxygens (including phenoxy) is 2. The van der Waals surface area contributed by atoms with Crippen LogP contribution in [0.1, 0.15) is 29.7 Å². The maximum absolute atomic E-state index is 12.2. The van der Waals surface area contributed by atoms with Crippen molar-refractivity contribution >= 4 is 23.1 Å². The molecule has 5 rings (SSSR count). The van der Waals surface area contributed by atoms with Crippen LogP contribution >= 0.6 is 0 Å². The number of methoxy groups -OCH3 is 1. The summed E-state index contributed by atoms with van der Waals surface area (Å²) in [6.07, 6.45) is 4.14. The molecule has 212 valence electrons. The minimum absolute atomic E-state index is 0.0495. The second-order valence-corrected chi connectivity index (χ2v) is 10.6. The molecule has 3 aliphatic heterocycles. The van der Waals surface area contributed by atoms with Gasteiger partial charge in [-0.25, -0.2) is 4.98 Å². The summed E-state index contributed by atoms with van der Waals surface area (Å²) in [4.78, 5) is 26.1. The first kappa shape index (κ1) is 27.7. The number of nitrogens with one attached hydrogen (secondary N) is 1. The van der Waals surface area contributed by atoms with Gasteiger partial charge < -0.3 is 34.4 Å². The van der Waals surface area contributed by atoms with Crippen molar-refractivity contribution < 1.29 is 14.3 Å². The number of nitrogens with zero attached hydrogens (tertiary/aromatic N) is 6. The van der Waals surface area contributed by atoms with E-state index in [2.05, 4.69) is 45.8 Å². The monoisotopic (exact) mass is 545 g/mol. The summed E-state index contributed by atoms with van der Waals surface area (Å²) < 4.78 is 11.0. The van der Waals surface area contributed by atoms with Crippen molar-refractivity contribution in [1.29, 1.82) is 5.26 Å². The number of rotatable bonds is 8. The van der Waals surface area contributed by atoms with Crippen LogP contribution in [-0.2, 0) is 22.5 Å². The van der Waals surface area contributed by atoms with Gasteiger partial charge in [-0.2, -0.15) is 5.26 Å². The molecule has 2 saturated heterocycles. The standard InChI is InChI=1S/C30H39N7O3/c1-4-28(38)35-15-17-36(18-16-35)29-23-11-14-37(26-7-5-6-8-27(26)40-21-39-3)20-25(23)33-30(24(29)19-31)32-22-9-12-34(2)13-10-22/h4-8,22H,1,9-18,20-21H2,2-3H3,(H,32,33). The van der Waals surface area contributed by atoms with Crippen LogP contribution in [0.2, 0.25) is 0 Å². The average molecular weight is 546 g/mol. The van der Waals surface area contributed by atoms with Crippen molar-refractivity contribution in [2.75, 3.05) is 81.9 Å². The van der Waals surface area contributed by atoms with Gasteiger partial charge in [-0.1, -0.05) is 18.7 Å². The van der Waals surface area contributed by atoms with Crippen LogP contribution in [-0.4, -0.2) is 93.5 Å². The minimum Gasteiger partial charge on any atom is -0.465 e. The molecular weight excluding hydrogens is 506 g/mol. The Morgan fingerprint density at radius 2 is 1.90 bits per heavy atom. The van der Waals surface area contributed by atoms with E-state index in [-0.39, 0.29) is 18.7 Å². The van der Waals surface area contributed by atoms with E-state index >= 15 is 0 Å². The Hall–Kier alpha value is -3.81. The molecule has 1 aromatic heterocycles. The summed E-state index contributed by atoms with van der Waals surface area (Å²) in [5.74, 6) is 1.39. The smallest absolute Gasteiger partial charge is 0.246 e. The number of hydrogen-bond donors (Lipinski definition) is 1. The van der Waals surface area contributed by atoms with E-state index in [4.69, 9.17) is 14.5 Å². The van der Waals surface area contributed by atoms with Gasteiger partial charge in [-0.3, -0.25) is 4.79 Å². The lowest BCUT2D eigenvalue weighted by molar-refractivity contribution is -0.126. The molecule has 0 bridgehead atoms. The Labute approximate surface area is 236 Å². The number of hydrogen-bond acceptors (Lipinski definition) is 9. The van der Waals surface area contributed by atoms with Crippen LogP contribution in [0.3, 0.4) is 0 Å². The van der Waals surface area contributed by atoms with E-state index < -0.39 is 0 Å². The summed E-state index contributed by atoms with van der Waals surface area (Å²) in [6, 6.07) is 10.8. The van der Waals surface area contributed by atoms with Gasteiger partial charge in [-0.15, -0.1) is 0 Å². The number of nitriles is 1. The predicted molar refractivity (Wildman–Crippen MR) is 156 cm³/mol. The van der Waals surface area contributed by atoms with Gasteiger partial charge in [0.15, 0.2) is 6.79 Å². The highest BCUT2D eigenvalue weighted by atomic mass is 16.7. The van der Waals surface area contributed by atoms with Gasteiger partial charge in [0.1, 0.15) is 23.2 Å². The Kier molecular flexibility index (Phi) is 8.72. The van der Waals surface area contributed by atoms with Crippen molar-refractivity contribution in [3.8, 4) is 11.8 Å². The molecule has 10 heteroatoms. The first-order valence-electron chi connectivity index (χ1n) is 14.0. The lowest BCUT2D eigenvalue weighted by Crippen LogP contribution is -2.49. The first-order valence-corrected chi connectivity index (χ1v) is 14.0.